The highest BCUT2D eigenvalue weighted by molar-refractivity contribution is 8.00. The van der Waals surface area contributed by atoms with Crippen molar-refractivity contribution in [3.8, 4) is 0 Å². The van der Waals surface area contributed by atoms with Gasteiger partial charge in [0.25, 0.3) is 0 Å². The molecular formula is C18H19NS. The lowest BCUT2D eigenvalue weighted by atomic mass is 9.92. The standard InChI is InChI=1S/C18H19NS/c1-12(2)11-19-13(3)14-8-9-16-15-6-4-5-7-17(15)20-18(16)10-14/h4-9,18-19H,1,3,10-11H2,2H3/i1D,2D3,3D. The SMILES string of the molecule is [2H]C=C(NCC(=C[2H])C([2H])([2H])[2H])C1=CC=C2c3ccccc3SC2C1. The van der Waals surface area contributed by atoms with Gasteiger partial charge in [0.2, 0.25) is 0 Å². The second kappa shape index (κ2) is 5.37. The van der Waals surface area contributed by atoms with Crippen LogP contribution in [0.1, 0.15) is 25.7 Å². The molecule has 0 fully saturated rings. The zero-order valence-corrected chi connectivity index (χ0v) is 11.8. The van der Waals surface area contributed by atoms with Gasteiger partial charge in [0, 0.05) is 26.5 Å². The van der Waals surface area contributed by atoms with Crippen molar-refractivity contribution < 1.29 is 6.85 Å². The summed E-state index contributed by atoms with van der Waals surface area (Å²) in [5.41, 5.74) is 4.21. The van der Waals surface area contributed by atoms with Gasteiger partial charge in [-0.15, -0.1) is 11.8 Å². The smallest absolute Gasteiger partial charge is 0.0559 e. The number of hydrogen-bond donors (Lipinski definition) is 1. The second-order valence-electron chi connectivity index (χ2n) is 4.91. The van der Waals surface area contributed by atoms with Gasteiger partial charge >= 0.3 is 0 Å². The highest BCUT2D eigenvalue weighted by Crippen LogP contribution is 2.49. The Morgan fingerprint density at radius 3 is 3.25 bits per heavy atom. The van der Waals surface area contributed by atoms with Crippen molar-refractivity contribution in [2.75, 3.05) is 6.54 Å². The predicted molar refractivity (Wildman–Crippen MR) is 88.7 cm³/mol. The molecule has 1 aliphatic carbocycles. The first kappa shape index (κ1) is 8.58. The van der Waals surface area contributed by atoms with Crippen LogP contribution in [0.15, 0.2) is 71.3 Å². The molecule has 2 aliphatic rings. The summed E-state index contributed by atoms with van der Waals surface area (Å²) in [5.74, 6) is 0. The van der Waals surface area contributed by atoms with Gasteiger partial charge in [-0.25, -0.2) is 0 Å². The maximum atomic E-state index is 7.67. The first-order valence-corrected chi connectivity index (χ1v) is 7.39. The lowest BCUT2D eigenvalue weighted by Crippen LogP contribution is -2.18. The molecule has 1 N–H and O–H groups in total. The Kier molecular flexibility index (Phi) is 2.30. The zero-order chi connectivity index (χ0) is 18.0. The average Bonchev–Trinajstić information content (AvgIpc) is 2.95. The molecule has 0 spiro atoms. The molecule has 0 saturated heterocycles. The van der Waals surface area contributed by atoms with Gasteiger partial charge in [-0.3, -0.25) is 0 Å². The zero-order valence-electron chi connectivity index (χ0n) is 16.0. The van der Waals surface area contributed by atoms with Crippen LogP contribution in [0.2, 0.25) is 0 Å². The summed E-state index contributed by atoms with van der Waals surface area (Å²) in [6.07, 6.45) is 4.89. The van der Waals surface area contributed by atoms with Gasteiger partial charge in [0.05, 0.1) is 2.74 Å². The Morgan fingerprint density at radius 1 is 1.45 bits per heavy atom. The minimum atomic E-state index is -2.29. The van der Waals surface area contributed by atoms with Crippen molar-refractivity contribution in [3.05, 3.63) is 71.9 Å². The highest BCUT2D eigenvalue weighted by Gasteiger charge is 2.30. The van der Waals surface area contributed by atoms with Crippen LogP contribution in [0.5, 0.6) is 0 Å². The van der Waals surface area contributed by atoms with Crippen molar-refractivity contribution in [3.63, 3.8) is 0 Å². The Labute approximate surface area is 132 Å². The molecule has 102 valence electrons. The van der Waals surface area contributed by atoms with E-state index >= 15 is 0 Å². The number of fused-ring (bicyclic) bond motifs is 3. The third-order valence-electron chi connectivity index (χ3n) is 3.50. The molecule has 1 aromatic carbocycles. The van der Waals surface area contributed by atoms with Crippen LogP contribution in [0.25, 0.3) is 5.57 Å². The summed E-state index contributed by atoms with van der Waals surface area (Å²) in [6.45, 7) is -0.160. The van der Waals surface area contributed by atoms with E-state index in [9.17, 15) is 0 Å². The van der Waals surface area contributed by atoms with E-state index in [1.165, 1.54) is 22.6 Å². The van der Waals surface area contributed by atoms with Gasteiger partial charge in [0.15, 0.2) is 0 Å². The quantitative estimate of drug-likeness (QED) is 0.815. The molecule has 1 nitrogen and oxygen atoms in total. The first-order chi connectivity index (χ1) is 11.9. The number of allylic oxidation sites excluding steroid dienone is 3. The molecule has 0 amide bonds. The maximum absolute atomic E-state index is 7.67. The van der Waals surface area contributed by atoms with Crippen molar-refractivity contribution >= 4 is 17.3 Å². The van der Waals surface area contributed by atoms with Gasteiger partial charge in [0.1, 0.15) is 0 Å². The Morgan fingerprint density at radius 2 is 2.40 bits per heavy atom. The molecule has 1 unspecified atom stereocenters. The van der Waals surface area contributed by atoms with E-state index < -0.39 is 6.85 Å². The minimum absolute atomic E-state index is 0.0298. The number of nitrogens with one attached hydrogen (secondary N) is 1. The van der Waals surface area contributed by atoms with Crippen LogP contribution in [-0.2, 0) is 0 Å². The van der Waals surface area contributed by atoms with Crippen molar-refractivity contribution in [1.82, 2.24) is 5.32 Å². The third-order valence-corrected chi connectivity index (χ3v) is 4.81. The van der Waals surface area contributed by atoms with Crippen LogP contribution in [0.4, 0.5) is 0 Å². The largest absolute Gasteiger partial charge is 0.382 e. The molecule has 3 rings (SSSR count). The van der Waals surface area contributed by atoms with Crippen LogP contribution >= 0.6 is 11.8 Å². The summed E-state index contributed by atoms with van der Waals surface area (Å²) in [7, 11) is 0. The van der Waals surface area contributed by atoms with Crippen LogP contribution in [0, 0.1) is 0 Å². The molecule has 2 heteroatoms. The lowest BCUT2D eigenvalue weighted by Gasteiger charge is -2.21. The van der Waals surface area contributed by atoms with Crippen molar-refractivity contribution in [2.45, 2.75) is 23.4 Å². The molecule has 1 atom stereocenters. The molecule has 1 aromatic rings. The minimum Gasteiger partial charge on any atom is -0.382 e. The van der Waals surface area contributed by atoms with Crippen LogP contribution in [0.3, 0.4) is 0 Å². The Balaban J connectivity index is 1.75. The number of hydrogen-bond acceptors (Lipinski definition) is 2. The van der Waals surface area contributed by atoms with Crippen molar-refractivity contribution in [2.24, 2.45) is 0 Å². The van der Waals surface area contributed by atoms with Gasteiger partial charge in [-0.2, -0.15) is 0 Å². The molecule has 20 heavy (non-hydrogen) atoms. The molecule has 1 heterocycles. The molecule has 0 radical (unpaired) electrons. The lowest BCUT2D eigenvalue weighted by molar-refractivity contribution is 0.854. The topological polar surface area (TPSA) is 12.0 Å². The second-order valence-corrected chi connectivity index (χ2v) is 6.16. The molecule has 0 saturated carbocycles. The van der Waals surface area contributed by atoms with Gasteiger partial charge in [-0.1, -0.05) is 49.0 Å². The third kappa shape index (κ3) is 2.48. The number of rotatable bonds is 4. The first-order valence-electron chi connectivity index (χ1n) is 9.17. The fraction of sp³-hybridized carbons (Fsp3) is 0.222. The predicted octanol–water partition coefficient (Wildman–Crippen LogP) is 4.55. The summed E-state index contributed by atoms with van der Waals surface area (Å²) in [6, 6.07) is 8.34. The Bertz CT molecular complexity index is 789. The van der Waals surface area contributed by atoms with Crippen LogP contribution < -0.4 is 5.32 Å². The van der Waals surface area contributed by atoms with Crippen LogP contribution in [-0.4, -0.2) is 11.8 Å². The summed E-state index contributed by atoms with van der Waals surface area (Å²) < 4.78 is 37.2. The maximum Gasteiger partial charge on any atom is 0.0559 e. The van der Waals surface area contributed by atoms with E-state index in [4.69, 9.17) is 6.85 Å². The fourth-order valence-electron chi connectivity index (χ4n) is 2.51. The monoisotopic (exact) mass is 286 g/mol. The molecular weight excluding hydrogens is 262 g/mol. The van der Waals surface area contributed by atoms with Crippen molar-refractivity contribution in [1.29, 1.82) is 0 Å². The number of thioether (sulfide) groups is 1. The van der Waals surface area contributed by atoms with E-state index in [2.05, 4.69) is 23.5 Å². The van der Waals surface area contributed by atoms with E-state index in [0.29, 0.717) is 10.9 Å². The molecule has 1 aliphatic heterocycles. The molecule has 0 aromatic heterocycles. The normalized spacial score (nSPS) is 26.0. The van der Waals surface area contributed by atoms with E-state index in [1.807, 2.05) is 30.0 Å². The summed E-state index contributed by atoms with van der Waals surface area (Å²) >= 11 is 1.83. The highest BCUT2D eigenvalue weighted by atomic mass is 32.2. The average molecular weight is 286 g/mol. The van der Waals surface area contributed by atoms with E-state index in [1.54, 1.807) is 0 Å². The fourth-order valence-corrected chi connectivity index (χ4v) is 3.88. The summed E-state index contributed by atoms with van der Waals surface area (Å²) in [5, 5.41) is 3.34. The molecule has 0 bridgehead atoms. The number of benzene rings is 1. The summed E-state index contributed by atoms with van der Waals surface area (Å²) in [4.78, 5) is 1.28. The van der Waals surface area contributed by atoms with Gasteiger partial charge < -0.3 is 5.32 Å². The van der Waals surface area contributed by atoms with Gasteiger partial charge in [-0.05, 0) is 36.0 Å². The van der Waals surface area contributed by atoms with E-state index in [0.717, 1.165) is 18.5 Å². The Hall–Kier alpha value is -1.67. The van der Waals surface area contributed by atoms with E-state index in [-0.39, 0.29) is 12.1 Å².